The van der Waals surface area contributed by atoms with Crippen molar-refractivity contribution in [2.24, 2.45) is 0 Å². The molecule has 94 valence electrons. The average molecular weight is 237 g/mol. The quantitative estimate of drug-likeness (QED) is 0.736. The molecule has 0 saturated carbocycles. The first-order chi connectivity index (χ1) is 7.77. The second-order valence-corrected chi connectivity index (χ2v) is 5.49. The maximum Gasteiger partial charge on any atom is 0.534 e. The van der Waals surface area contributed by atoms with Crippen molar-refractivity contribution in [3.05, 3.63) is 11.6 Å². The Morgan fingerprint density at radius 1 is 1.12 bits per heavy atom. The Kier molecular flexibility index (Phi) is 2.87. The van der Waals surface area contributed by atoms with Gasteiger partial charge in [0.05, 0.1) is 16.9 Å². The van der Waals surface area contributed by atoms with E-state index < -0.39 is 7.12 Å². The maximum absolute atomic E-state index is 5.95. The Hall–Kier alpha value is -0.805. The molecule has 17 heavy (non-hydrogen) atoms. The first-order valence-corrected chi connectivity index (χ1v) is 6.08. The topological polar surface area (TPSA) is 44.5 Å². The SMILES string of the molecule is CCc1nc(C)oc1B1OC(C)(C)C(C)(C)O1. The largest absolute Gasteiger partial charge is 0.534 e. The van der Waals surface area contributed by atoms with Crippen LogP contribution in [0.1, 0.15) is 46.2 Å². The van der Waals surface area contributed by atoms with E-state index in [4.69, 9.17) is 13.7 Å². The molecule has 4 nitrogen and oxygen atoms in total. The molecule has 0 radical (unpaired) electrons. The van der Waals surface area contributed by atoms with Gasteiger partial charge < -0.3 is 13.7 Å². The van der Waals surface area contributed by atoms with Gasteiger partial charge in [-0.2, -0.15) is 0 Å². The molecule has 1 aromatic rings. The van der Waals surface area contributed by atoms with Crippen LogP contribution in [-0.2, 0) is 15.7 Å². The highest BCUT2D eigenvalue weighted by Crippen LogP contribution is 2.36. The molecular weight excluding hydrogens is 217 g/mol. The van der Waals surface area contributed by atoms with E-state index in [0.29, 0.717) is 11.6 Å². The fraction of sp³-hybridized carbons (Fsp3) is 0.750. The maximum atomic E-state index is 5.95. The smallest absolute Gasteiger partial charge is 0.449 e. The van der Waals surface area contributed by atoms with Gasteiger partial charge in [0.15, 0.2) is 11.6 Å². The summed E-state index contributed by atoms with van der Waals surface area (Å²) in [6.07, 6.45) is 0.816. The molecule has 0 unspecified atom stereocenters. The fourth-order valence-electron chi connectivity index (χ4n) is 1.87. The van der Waals surface area contributed by atoms with Gasteiger partial charge in [0, 0.05) is 6.92 Å². The normalized spacial score (nSPS) is 22.1. The third-order valence-electron chi connectivity index (χ3n) is 3.64. The van der Waals surface area contributed by atoms with E-state index in [1.54, 1.807) is 0 Å². The van der Waals surface area contributed by atoms with Crippen LogP contribution in [0.3, 0.4) is 0 Å². The minimum Gasteiger partial charge on any atom is -0.449 e. The third kappa shape index (κ3) is 2.02. The van der Waals surface area contributed by atoms with Gasteiger partial charge in [0.2, 0.25) is 0 Å². The highest BCUT2D eigenvalue weighted by Gasteiger charge is 2.53. The molecule has 1 aliphatic heterocycles. The van der Waals surface area contributed by atoms with Crippen LogP contribution in [0.15, 0.2) is 4.42 Å². The van der Waals surface area contributed by atoms with Crippen molar-refractivity contribution < 1.29 is 13.7 Å². The van der Waals surface area contributed by atoms with Gasteiger partial charge in [-0.1, -0.05) is 6.92 Å². The Bertz CT molecular complexity index is 409. The van der Waals surface area contributed by atoms with Gasteiger partial charge in [-0.25, -0.2) is 4.98 Å². The van der Waals surface area contributed by atoms with Crippen molar-refractivity contribution in [2.45, 2.75) is 59.2 Å². The van der Waals surface area contributed by atoms with Crippen LogP contribution < -0.4 is 5.66 Å². The minimum absolute atomic E-state index is 0.344. The molecule has 0 aromatic carbocycles. The van der Waals surface area contributed by atoms with E-state index in [-0.39, 0.29) is 11.2 Å². The molecule has 0 spiro atoms. The van der Waals surface area contributed by atoms with Gasteiger partial charge in [-0.05, 0) is 34.1 Å². The van der Waals surface area contributed by atoms with Crippen molar-refractivity contribution in [3.63, 3.8) is 0 Å². The number of nitrogens with zero attached hydrogens (tertiary/aromatic N) is 1. The van der Waals surface area contributed by atoms with Crippen LogP contribution in [0.25, 0.3) is 0 Å². The highest BCUT2D eigenvalue weighted by atomic mass is 16.7. The first kappa shape index (κ1) is 12.6. The van der Waals surface area contributed by atoms with Crippen LogP contribution in [0.5, 0.6) is 0 Å². The van der Waals surface area contributed by atoms with Gasteiger partial charge in [-0.15, -0.1) is 0 Å². The summed E-state index contributed by atoms with van der Waals surface area (Å²) in [7, 11) is -0.448. The van der Waals surface area contributed by atoms with Crippen LogP contribution in [-0.4, -0.2) is 23.3 Å². The molecule has 2 rings (SSSR count). The summed E-state index contributed by atoms with van der Waals surface area (Å²) in [5, 5.41) is 0. The highest BCUT2D eigenvalue weighted by molar-refractivity contribution is 6.61. The molecule has 1 aliphatic rings. The number of rotatable bonds is 2. The monoisotopic (exact) mass is 237 g/mol. The van der Waals surface area contributed by atoms with Crippen molar-refractivity contribution in [1.29, 1.82) is 0 Å². The van der Waals surface area contributed by atoms with E-state index in [0.717, 1.165) is 12.1 Å². The van der Waals surface area contributed by atoms with E-state index >= 15 is 0 Å². The fourth-order valence-corrected chi connectivity index (χ4v) is 1.87. The molecule has 0 aliphatic carbocycles. The summed E-state index contributed by atoms with van der Waals surface area (Å²) in [4.78, 5) is 4.34. The van der Waals surface area contributed by atoms with Gasteiger partial charge in [-0.3, -0.25) is 0 Å². The van der Waals surface area contributed by atoms with Crippen molar-refractivity contribution >= 4 is 12.8 Å². The Labute approximate surface area is 103 Å². The number of oxazole rings is 1. The van der Waals surface area contributed by atoms with Gasteiger partial charge in [0.25, 0.3) is 0 Å². The summed E-state index contributed by atoms with van der Waals surface area (Å²) in [5.41, 5.74) is 0.942. The molecular formula is C12H20BNO3. The predicted octanol–water partition coefficient (Wildman–Crippen LogP) is 1.84. The molecule has 0 atom stereocenters. The lowest BCUT2D eigenvalue weighted by Crippen LogP contribution is -2.41. The summed E-state index contributed by atoms with van der Waals surface area (Å²) < 4.78 is 17.5. The van der Waals surface area contributed by atoms with Crippen LogP contribution >= 0.6 is 0 Å². The summed E-state index contributed by atoms with van der Waals surface area (Å²) in [6, 6.07) is 0. The summed E-state index contributed by atoms with van der Waals surface area (Å²) >= 11 is 0. The average Bonchev–Trinajstić information content (AvgIpc) is 2.65. The van der Waals surface area contributed by atoms with Crippen molar-refractivity contribution in [1.82, 2.24) is 4.98 Å². The first-order valence-electron chi connectivity index (χ1n) is 6.08. The van der Waals surface area contributed by atoms with Crippen molar-refractivity contribution in [2.75, 3.05) is 0 Å². The second kappa shape index (κ2) is 3.85. The number of hydrogen-bond donors (Lipinski definition) is 0. The molecule has 0 N–H and O–H groups in total. The van der Waals surface area contributed by atoms with Crippen LogP contribution in [0.4, 0.5) is 0 Å². The molecule has 1 fully saturated rings. The van der Waals surface area contributed by atoms with Gasteiger partial charge in [0.1, 0.15) is 0 Å². The standard InChI is InChI=1S/C12H20BNO3/c1-7-9-10(15-8(2)14-9)13-16-11(3,4)12(5,6)17-13/h7H2,1-6H3. The number of aryl methyl sites for hydroxylation is 2. The van der Waals surface area contributed by atoms with Crippen LogP contribution in [0.2, 0.25) is 0 Å². The lowest BCUT2D eigenvalue weighted by atomic mass is 9.84. The zero-order valence-corrected chi connectivity index (χ0v) is 11.5. The molecule has 0 amide bonds. The van der Waals surface area contributed by atoms with E-state index in [1.807, 2.05) is 41.5 Å². The minimum atomic E-state index is -0.448. The van der Waals surface area contributed by atoms with Gasteiger partial charge >= 0.3 is 7.12 Å². The Morgan fingerprint density at radius 3 is 2.12 bits per heavy atom. The number of aromatic nitrogens is 1. The summed E-state index contributed by atoms with van der Waals surface area (Å²) in [5.74, 6) is 0.659. The molecule has 2 heterocycles. The second-order valence-electron chi connectivity index (χ2n) is 5.49. The molecule has 0 bridgehead atoms. The Morgan fingerprint density at radius 2 is 1.65 bits per heavy atom. The lowest BCUT2D eigenvalue weighted by Gasteiger charge is -2.32. The predicted molar refractivity (Wildman–Crippen MR) is 66.3 cm³/mol. The lowest BCUT2D eigenvalue weighted by molar-refractivity contribution is 0.00578. The van der Waals surface area contributed by atoms with E-state index in [2.05, 4.69) is 4.98 Å². The van der Waals surface area contributed by atoms with E-state index in [9.17, 15) is 0 Å². The zero-order valence-electron chi connectivity index (χ0n) is 11.5. The Balaban J connectivity index is 2.31. The molecule has 5 heteroatoms. The van der Waals surface area contributed by atoms with E-state index in [1.165, 1.54) is 0 Å². The molecule has 1 saturated heterocycles. The zero-order chi connectivity index (χ0) is 12.8. The molecule has 1 aromatic heterocycles. The van der Waals surface area contributed by atoms with Crippen LogP contribution in [0, 0.1) is 6.92 Å². The van der Waals surface area contributed by atoms with Crippen molar-refractivity contribution in [3.8, 4) is 0 Å². The number of hydrogen-bond acceptors (Lipinski definition) is 4. The summed E-state index contributed by atoms with van der Waals surface area (Å²) in [6.45, 7) is 12.0. The third-order valence-corrected chi connectivity index (χ3v) is 3.64.